The molecule has 0 spiro atoms. The number of benzene rings is 1. The van der Waals surface area contributed by atoms with Gasteiger partial charge in [0.25, 0.3) is 0 Å². The van der Waals surface area contributed by atoms with Crippen LogP contribution < -0.4 is 4.72 Å². The molecule has 4 rings (SSSR count). The van der Waals surface area contributed by atoms with Gasteiger partial charge in [-0.05, 0) is 55.0 Å². The van der Waals surface area contributed by atoms with E-state index < -0.39 is 10.0 Å². The maximum absolute atomic E-state index is 13.2. The predicted molar refractivity (Wildman–Crippen MR) is 126 cm³/mol. The topological polar surface area (TPSA) is 103 Å². The Morgan fingerprint density at radius 1 is 1.22 bits per heavy atom. The van der Waals surface area contributed by atoms with Crippen molar-refractivity contribution >= 4 is 27.3 Å². The summed E-state index contributed by atoms with van der Waals surface area (Å²) in [6.45, 7) is 8.15. The summed E-state index contributed by atoms with van der Waals surface area (Å²) in [5.74, 6) is 0.576. The summed E-state index contributed by atoms with van der Waals surface area (Å²) in [4.78, 5) is 19.6. The monoisotopic (exact) mass is 454 g/mol. The molecule has 2 aliphatic rings. The second-order valence-corrected chi connectivity index (χ2v) is 11.7. The molecule has 1 aliphatic carbocycles. The van der Waals surface area contributed by atoms with Crippen LogP contribution in [0.3, 0.4) is 0 Å². The normalized spacial score (nSPS) is 16.2. The lowest BCUT2D eigenvalue weighted by Crippen LogP contribution is -2.30. The number of Topliss-reactive ketones (excluding diaryl/α,β-unsaturated/α-hetero) is 1. The average Bonchev–Trinajstić information content (AvgIpc) is 3.53. The largest absolute Gasteiger partial charge is 0.343 e. The fourth-order valence-electron chi connectivity index (χ4n) is 3.81. The Labute approximate surface area is 189 Å². The molecule has 1 aliphatic heterocycles. The van der Waals surface area contributed by atoms with Gasteiger partial charge in [-0.2, -0.15) is 0 Å². The van der Waals surface area contributed by atoms with Crippen LogP contribution in [-0.2, 0) is 22.0 Å². The second-order valence-electron chi connectivity index (χ2n) is 9.70. The molecule has 2 N–H and O–H groups in total. The van der Waals surface area contributed by atoms with Crippen molar-refractivity contribution in [1.82, 2.24) is 9.88 Å². The number of carbonyl (C=O) groups is 1. The van der Waals surface area contributed by atoms with Crippen LogP contribution in [0.4, 0.5) is 5.69 Å². The number of anilines is 1. The van der Waals surface area contributed by atoms with Gasteiger partial charge in [0.15, 0.2) is 5.78 Å². The zero-order valence-corrected chi connectivity index (χ0v) is 19.8. The second kappa shape index (κ2) is 7.99. The van der Waals surface area contributed by atoms with Crippen LogP contribution in [0.1, 0.15) is 79.3 Å². The molecule has 170 valence electrons. The van der Waals surface area contributed by atoms with E-state index in [0.29, 0.717) is 29.4 Å². The Balaban J connectivity index is 1.58. The Kier molecular flexibility index (Phi) is 5.61. The zero-order valence-electron chi connectivity index (χ0n) is 19.0. The van der Waals surface area contributed by atoms with Crippen molar-refractivity contribution in [3.05, 3.63) is 58.4 Å². The standard InChI is InChI=1S/C24H30N4O3S/c1-5-32(30,31)27-19-11-17(10-18(12-19)24(2,3)4)21(29)14-28-13-16-8-9-20(15-6-7-15)26-22(16)23(28)25/h8-12,15,25,27H,5-7,13-14H2,1-4H3. The lowest BCUT2D eigenvalue weighted by Gasteiger charge is -2.22. The summed E-state index contributed by atoms with van der Waals surface area (Å²) >= 11 is 0. The fourth-order valence-corrected chi connectivity index (χ4v) is 4.43. The molecular weight excluding hydrogens is 424 g/mol. The number of hydrogen-bond donors (Lipinski definition) is 2. The van der Waals surface area contributed by atoms with Crippen LogP contribution in [0.25, 0.3) is 0 Å². The fraction of sp³-hybridized carbons (Fsp3) is 0.458. The average molecular weight is 455 g/mol. The number of ketones is 1. The van der Waals surface area contributed by atoms with Crippen molar-refractivity contribution in [2.75, 3.05) is 17.0 Å². The van der Waals surface area contributed by atoms with Gasteiger partial charge in [0, 0.05) is 35.0 Å². The lowest BCUT2D eigenvalue weighted by molar-refractivity contribution is 0.0962. The van der Waals surface area contributed by atoms with Crippen molar-refractivity contribution in [3.8, 4) is 0 Å². The first-order valence-electron chi connectivity index (χ1n) is 11.0. The third-order valence-electron chi connectivity index (χ3n) is 6.01. The number of nitrogens with zero attached hydrogens (tertiary/aromatic N) is 2. The van der Waals surface area contributed by atoms with Gasteiger partial charge in [-0.3, -0.25) is 14.9 Å². The van der Waals surface area contributed by atoms with Crippen LogP contribution in [0.2, 0.25) is 0 Å². The molecule has 1 aromatic carbocycles. The smallest absolute Gasteiger partial charge is 0.232 e. The van der Waals surface area contributed by atoms with Gasteiger partial charge < -0.3 is 4.90 Å². The number of nitrogens with one attached hydrogen (secondary N) is 2. The van der Waals surface area contributed by atoms with E-state index in [9.17, 15) is 13.2 Å². The maximum atomic E-state index is 13.2. The highest BCUT2D eigenvalue weighted by atomic mass is 32.2. The van der Waals surface area contributed by atoms with Gasteiger partial charge in [-0.15, -0.1) is 0 Å². The third-order valence-corrected chi connectivity index (χ3v) is 7.31. The Hall–Kier alpha value is -2.74. The SMILES string of the molecule is CCS(=O)(=O)Nc1cc(C(=O)CN2Cc3ccc(C4CC4)nc3C2=N)cc(C(C)(C)C)c1. The third kappa shape index (κ3) is 4.70. The Bertz CT molecular complexity index is 1190. The molecule has 1 fully saturated rings. The summed E-state index contributed by atoms with van der Waals surface area (Å²) < 4.78 is 26.8. The number of rotatable bonds is 7. The van der Waals surface area contributed by atoms with Crippen molar-refractivity contribution in [2.45, 2.75) is 58.4 Å². The van der Waals surface area contributed by atoms with Crippen LogP contribution in [-0.4, -0.2) is 42.2 Å². The van der Waals surface area contributed by atoms with Crippen molar-refractivity contribution < 1.29 is 13.2 Å². The van der Waals surface area contributed by atoms with Crippen LogP contribution in [0.15, 0.2) is 30.3 Å². The maximum Gasteiger partial charge on any atom is 0.232 e. The predicted octanol–water partition coefficient (Wildman–Crippen LogP) is 4.04. The molecule has 0 saturated heterocycles. The molecule has 2 aromatic rings. The van der Waals surface area contributed by atoms with Crippen LogP contribution in [0.5, 0.6) is 0 Å². The number of hydrogen-bond acceptors (Lipinski definition) is 5. The van der Waals surface area contributed by atoms with E-state index in [1.54, 1.807) is 24.0 Å². The van der Waals surface area contributed by atoms with Crippen molar-refractivity contribution in [3.63, 3.8) is 0 Å². The Morgan fingerprint density at radius 2 is 1.94 bits per heavy atom. The molecule has 0 atom stereocenters. The quantitative estimate of drug-likeness (QED) is 0.615. The van der Waals surface area contributed by atoms with E-state index >= 15 is 0 Å². The number of pyridine rings is 1. The van der Waals surface area contributed by atoms with E-state index in [1.165, 1.54) is 0 Å². The molecule has 8 heteroatoms. The van der Waals surface area contributed by atoms with Gasteiger partial charge >= 0.3 is 0 Å². The highest BCUT2D eigenvalue weighted by Gasteiger charge is 2.31. The molecule has 7 nitrogen and oxygen atoms in total. The van der Waals surface area contributed by atoms with Crippen molar-refractivity contribution in [1.29, 1.82) is 5.41 Å². The van der Waals surface area contributed by atoms with Crippen LogP contribution in [0, 0.1) is 5.41 Å². The van der Waals surface area contributed by atoms with Gasteiger partial charge in [0.2, 0.25) is 10.0 Å². The first-order chi connectivity index (χ1) is 15.0. The van der Waals surface area contributed by atoms with Gasteiger partial charge in [0.05, 0.1) is 12.3 Å². The van der Waals surface area contributed by atoms with E-state index in [0.717, 1.165) is 29.7 Å². The molecular formula is C24H30N4O3S. The minimum atomic E-state index is -3.46. The van der Waals surface area contributed by atoms with Crippen molar-refractivity contribution in [2.24, 2.45) is 0 Å². The summed E-state index contributed by atoms with van der Waals surface area (Å²) in [5, 5.41) is 8.55. The first-order valence-corrected chi connectivity index (χ1v) is 12.6. The summed E-state index contributed by atoms with van der Waals surface area (Å²) in [5.41, 5.74) is 4.09. The van der Waals surface area contributed by atoms with E-state index in [2.05, 4.69) is 9.71 Å². The number of amidine groups is 1. The van der Waals surface area contributed by atoms with Gasteiger partial charge in [0.1, 0.15) is 11.5 Å². The van der Waals surface area contributed by atoms with Gasteiger partial charge in [-0.25, -0.2) is 13.4 Å². The first kappa shape index (κ1) is 22.5. The minimum absolute atomic E-state index is 0.0432. The summed E-state index contributed by atoms with van der Waals surface area (Å²) in [6, 6.07) is 9.24. The molecule has 0 unspecified atom stereocenters. The summed E-state index contributed by atoms with van der Waals surface area (Å²) in [7, 11) is -3.46. The highest BCUT2D eigenvalue weighted by molar-refractivity contribution is 7.92. The number of aromatic nitrogens is 1. The number of fused-ring (bicyclic) bond motifs is 1. The van der Waals surface area contributed by atoms with Gasteiger partial charge in [-0.1, -0.05) is 26.8 Å². The van der Waals surface area contributed by atoms with Crippen LogP contribution >= 0.6 is 0 Å². The molecule has 0 radical (unpaired) electrons. The molecule has 2 heterocycles. The Morgan fingerprint density at radius 3 is 2.56 bits per heavy atom. The molecule has 0 bridgehead atoms. The van der Waals surface area contributed by atoms with E-state index in [-0.39, 0.29) is 29.3 Å². The highest BCUT2D eigenvalue weighted by Crippen LogP contribution is 2.39. The molecule has 0 amide bonds. The number of carbonyl (C=O) groups excluding carboxylic acids is 1. The van der Waals surface area contributed by atoms with E-state index in [4.69, 9.17) is 5.41 Å². The zero-order chi connectivity index (χ0) is 23.3. The minimum Gasteiger partial charge on any atom is -0.343 e. The molecule has 1 aromatic heterocycles. The lowest BCUT2D eigenvalue weighted by atomic mass is 9.85. The summed E-state index contributed by atoms with van der Waals surface area (Å²) in [6.07, 6.45) is 2.30. The molecule has 32 heavy (non-hydrogen) atoms. The number of sulfonamides is 1. The van der Waals surface area contributed by atoms with E-state index in [1.807, 2.05) is 39.0 Å². The molecule has 1 saturated carbocycles.